The molecule has 128 valence electrons. The fraction of sp³-hybridized carbons (Fsp3) is 0.250. The molecule has 8 heteroatoms. The molecule has 24 heavy (non-hydrogen) atoms. The lowest BCUT2D eigenvalue weighted by Crippen LogP contribution is -2.39. The molecular formula is C16H20N4O3S. The molecule has 0 saturated heterocycles. The molecule has 0 fully saturated rings. The highest BCUT2D eigenvalue weighted by Crippen LogP contribution is 2.24. The molecule has 3 N–H and O–H groups in total. The van der Waals surface area contributed by atoms with Gasteiger partial charge in [-0.2, -0.15) is 0 Å². The molecule has 7 nitrogen and oxygen atoms in total. The standard InChI is InChI=1S/C16H20N4O3S/c1-3-8-18-16(21)20-24(22,23)15-11-17-9-7-14(15)19-13-6-4-5-12(2)10-13/h4-7,9-11H,3,8H2,1-2H3,(H,17,19)(H2,18,20,21). The zero-order valence-corrected chi connectivity index (χ0v) is 14.4. The van der Waals surface area contributed by atoms with E-state index in [1.54, 1.807) is 6.07 Å². The van der Waals surface area contributed by atoms with Crippen LogP contribution in [0.25, 0.3) is 0 Å². The Morgan fingerprint density at radius 2 is 2.04 bits per heavy atom. The van der Waals surface area contributed by atoms with E-state index < -0.39 is 16.1 Å². The zero-order chi connectivity index (χ0) is 17.6. The topological polar surface area (TPSA) is 100 Å². The molecule has 1 aromatic heterocycles. The molecule has 0 aliphatic carbocycles. The molecule has 1 aromatic carbocycles. The number of hydrogen-bond donors (Lipinski definition) is 3. The van der Waals surface area contributed by atoms with E-state index in [2.05, 4.69) is 15.6 Å². The second-order valence-corrected chi connectivity index (χ2v) is 6.88. The molecule has 0 spiro atoms. The van der Waals surface area contributed by atoms with Crippen LogP contribution < -0.4 is 15.4 Å². The summed E-state index contributed by atoms with van der Waals surface area (Å²) in [7, 11) is -4.04. The van der Waals surface area contributed by atoms with Crippen LogP contribution in [0, 0.1) is 6.92 Å². The summed E-state index contributed by atoms with van der Waals surface area (Å²) in [5, 5.41) is 5.51. The molecule has 0 bridgehead atoms. The second-order valence-electron chi connectivity index (χ2n) is 5.23. The molecule has 2 aromatic rings. The maximum absolute atomic E-state index is 12.4. The molecule has 0 unspecified atom stereocenters. The highest BCUT2D eigenvalue weighted by atomic mass is 32.2. The fourth-order valence-corrected chi connectivity index (χ4v) is 3.06. The number of amides is 2. The Bertz CT molecular complexity index is 822. The number of anilines is 2. The van der Waals surface area contributed by atoms with Crippen LogP contribution in [-0.4, -0.2) is 26.0 Å². The van der Waals surface area contributed by atoms with E-state index in [1.165, 1.54) is 12.4 Å². The molecule has 0 aliphatic heterocycles. The molecule has 0 atom stereocenters. The number of pyridine rings is 1. The number of carbonyl (C=O) groups excluding carboxylic acids is 1. The third-order valence-electron chi connectivity index (χ3n) is 3.13. The first-order valence-electron chi connectivity index (χ1n) is 7.50. The lowest BCUT2D eigenvalue weighted by molar-refractivity contribution is 0.246. The first-order valence-corrected chi connectivity index (χ1v) is 8.99. The van der Waals surface area contributed by atoms with E-state index in [-0.39, 0.29) is 4.90 Å². The van der Waals surface area contributed by atoms with E-state index in [0.717, 1.165) is 11.3 Å². The molecule has 0 saturated carbocycles. The summed E-state index contributed by atoms with van der Waals surface area (Å²) < 4.78 is 26.9. The quantitative estimate of drug-likeness (QED) is 0.745. The molecule has 2 rings (SSSR count). The summed E-state index contributed by atoms with van der Waals surface area (Å²) >= 11 is 0. The Kier molecular flexibility index (Phi) is 5.75. The van der Waals surface area contributed by atoms with Crippen LogP contribution in [0.4, 0.5) is 16.2 Å². The van der Waals surface area contributed by atoms with Crippen molar-refractivity contribution in [3.8, 4) is 0 Å². The van der Waals surface area contributed by atoms with E-state index in [1.807, 2.05) is 42.8 Å². The molecule has 2 amide bonds. The zero-order valence-electron chi connectivity index (χ0n) is 13.5. The summed E-state index contributed by atoms with van der Waals surface area (Å²) in [6.07, 6.45) is 3.39. The SMILES string of the molecule is CCCNC(=O)NS(=O)(=O)c1cnccc1Nc1cccc(C)c1. The van der Waals surface area contributed by atoms with Crippen molar-refractivity contribution in [3.63, 3.8) is 0 Å². The van der Waals surface area contributed by atoms with Crippen molar-refractivity contribution in [2.45, 2.75) is 25.2 Å². The van der Waals surface area contributed by atoms with E-state index >= 15 is 0 Å². The predicted molar refractivity (Wildman–Crippen MR) is 92.7 cm³/mol. The third-order valence-corrected chi connectivity index (χ3v) is 4.49. The molecule has 0 aliphatic rings. The first kappa shape index (κ1) is 17.7. The number of nitrogens with one attached hydrogen (secondary N) is 3. The van der Waals surface area contributed by atoms with Crippen molar-refractivity contribution >= 4 is 27.4 Å². The minimum absolute atomic E-state index is 0.0989. The minimum atomic E-state index is -4.04. The summed E-state index contributed by atoms with van der Waals surface area (Å²) in [6, 6.07) is 8.30. The Labute approximate surface area is 141 Å². The van der Waals surface area contributed by atoms with Gasteiger partial charge in [0, 0.05) is 24.6 Å². The van der Waals surface area contributed by atoms with Gasteiger partial charge in [-0.15, -0.1) is 0 Å². The Morgan fingerprint density at radius 1 is 1.25 bits per heavy atom. The van der Waals surface area contributed by atoms with Crippen LogP contribution >= 0.6 is 0 Å². The van der Waals surface area contributed by atoms with Crippen LogP contribution in [-0.2, 0) is 10.0 Å². The predicted octanol–water partition coefficient (Wildman–Crippen LogP) is 2.53. The van der Waals surface area contributed by atoms with Gasteiger partial charge in [0.05, 0.1) is 5.69 Å². The smallest absolute Gasteiger partial charge is 0.328 e. The van der Waals surface area contributed by atoms with Crippen molar-refractivity contribution in [1.82, 2.24) is 15.0 Å². The monoisotopic (exact) mass is 348 g/mol. The van der Waals surface area contributed by atoms with Crippen LogP contribution in [0.1, 0.15) is 18.9 Å². The van der Waals surface area contributed by atoms with Crippen LogP contribution in [0.15, 0.2) is 47.6 Å². The number of nitrogens with zero attached hydrogens (tertiary/aromatic N) is 1. The third kappa shape index (κ3) is 4.69. The average molecular weight is 348 g/mol. The van der Waals surface area contributed by atoms with Crippen LogP contribution in [0.2, 0.25) is 0 Å². The lowest BCUT2D eigenvalue weighted by atomic mass is 10.2. The Hall–Kier alpha value is -2.61. The van der Waals surface area contributed by atoms with Gasteiger partial charge in [0.2, 0.25) is 0 Å². The first-order chi connectivity index (χ1) is 11.4. The number of carbonyl (C=O) groups is 1. The maximum Gasteiger partial charge on any atom is 0.328 e. The van der Waals surface area contributed by atoms with Gasteiger partial charge in [-0.25, -0.2) is 17.9 Å². The van der Waals surface area contributed by atoms with Crippen molar-refractivity contribution in [1.29, 1.82) is 0 Å². The van der Waals surface area contributed by atoms with Gasteiger partial charge >= 0.3 is 6.03 Å². The number of urea groups is 1. The van der Waals surface area contributed by atoms with Crippen molar-refractivity contribution in [2.75, 3.05) is 11.9 Å². The van der Waals surface area contributed by atoms with Crippen LogP contribution in [0.3, 0.4) is 0 Å². The Balaban J connectivity index is 2.26. The van der Waals surface area contributed by atoms with Crippen molar-refractivity contribution < 1.29 is 13.2 Å². The van der Waals surface area contributed by atoms with Gasteiger partial charge in [0.15, 0.2) is 0 Å². The fourth-order valence-electron chi connectivity index (χ4n) is 2.03. The number of aryl methyl sites for hydroxylation is 1. The van der Waals surface area contributed by atoms with E-state index in [0.29, 0.717) is 18.7 Å². The molecule has 0 radical (unpaired) electrons. The lowest BCUT2D eigenvalue weighted by Gasteiger charge is -2.13. The number of aromatic nitrogens is 1. The van der Waals surface area contributed by atoms with Gasteiger partial charge in [0.25, 0.3) is 10.0 Å². The van der Waals surface area contributed by atoms with E-state index in [9.17, 15) is 13.2 Å². The summed E-state index contributed by atoms with van der Waals surface area (Å²) in [6.45, 7) is 4.21. The largest absolute Gasteiger partial charge is 0.354 e. The van der Waals surface area contributed by atoms with Gasteiger partial charge in [-0.1, -0.05) is 19.1 Å². The van der Waals surface area contributed by atoms with Gasteiger partial charge in [0.1, 0.15) is 4.90 Å². The second kappa shape index (κ2) is 7.78. The van der Waals surface area contributed by atoms with E-state index in [4.69, 9.17) is 0 Å². The normalized spacial score (nSPS) is 10.9. The highest BCUT2D eigenvalue weighted by molar-refractivity contribution is 7.90. The number of hydrogen-bond acceptors (Lipinski definition) is 5. The van der Waals surface area contributed by atoms with Crippen molar-refractivity contribution in [2.24, 2.45) is 0 Å². The highest BCUT2D eigenvalue weighted by Gasteiger charge is 2.21. The number of benzene rings is 1. The minimum Gasteiger partial charge on any atom is -0.354 e. The summed E-state index contributed by atoms with van der Waals surface area (Å²) in [5.41, 5.74) is 2.12. The van der Waals surface area contributed by atoms with Gasteiger partial charge < -0.3 is 10.6 Å². The van der Waals surface area contributed by atoms with Crippen LogP contribution in [0.5, 0.6) is 0 Å². The molecule has 1 heterocycles. The Morgan fingerprint density at radius 3 is 2.75 bits per heavy atom. The van der Waals surface area contributed by atoms with Crippen molar-refractivity contribution in [3.05, 3.63) is 48.3 Å². The average Bonchev–Trinajstić information content (AvgIpc) is 2.53. The summed E-state index contributed by atoms with van der Waals surface area (Å²) in [4.78, 5) is 15.4. The number of rotatable bonds is 6. The van der Waals surface area contributed by atoms with Gasteiger partial charge in [-0.3, -0.25) is 4.98 Å². The maximum atomic E-state index is 12.4. The number of sulfonamides is 1. The molecular weight excluding hydrogens is 328 g/mol. The van der Waals surface area contributed by atoms with Gasteiger partial charge in [-0.05, 0) is 37.1 Å². The summed E-state index contributed by atoms with van der Waals surface area (Å²) in [5.74, 6) is 0.